The van der Waals surface area contributed by atoms with E-state index in [4.69, 9.17) is 11.6 Å². The van der Waals surface area contributed by atoms with Crippen LogP contribution in [0.15, 0.2) is 18.2 Å². The van der Waals surface area contributed by atoms with Gasteiger partial charge < -0.3 is 0 Å². The van der Waals surface area contributed by atoms with E-state index < -0.39 is 0 Å². The van der Waals surface area contributed by atoms with Gasteiger partial charge in [-0.15, -0.1) is 0 Å². The van der Waals surface area contributed by atoms with Crippen molar-refractivity contribution in [2.45, 2.75) is 39.4 Å². The van der Waals surface area contributed by atoms with Crippen LogP contribution in [0.2, 0.25) is 5.02 Å². The van der Waals surface area contributed by atoms with Gasteiger partial charge in [0.2, 0.25) is 0 Å². The standard InChI is InChI=1S/C18H19BrClF/c1-9-10(2)12(4)16(13(5)11(9)3)18(19)17-14(20)7-6-8-15(17)21/h6-8,18H,1-5H3. The maximum atomic E-state index is 14.2. The fraction of sp³-hybridized carbons (Fsp3) is 0.333. The van der Waals surface area contributed by atoms with Crippen molar-refractivity contribution in [3.8, 4) is 0 Å². The first-order valence-electron chi connectivity index (χ1n) is 6.92. The van der Waals surface area contributed by atoms with Crippen molar-refractivity contribution >= 4 is 27.5 Å². The van der Waals surface area contributed by atoms with Crippen LogP contribution in [0, 0.1) is 40.4 Å². The van der Waals surface area contributed by atoms with E-state index in [9.17, 15) is 4.39 Å². The molecule has 0 saturated heterocycles. The van der Waals surface area contributed by atoms with Gasteiger partial charge in [-0.1, -0.05) is 33.6 Å². The quantitative estimate of drug-likeness (QED) is 0.530. The third kappa shape index (κ3) is 2.76. The van der Waals surface area contributed by atoms with Crippen molar-refractivity contribution in [2.24, 2.45) is 0 Å². The van der Waals surface area contributed by atoms with Gasteiger partial charge in [-0.2, -0.15) is 0 Å². The predicted molar refractivity (Wildman–Crippen MR) is 92.3 cm³/mol. The fourth-order valence-electron chi connectivity index (χ4n) is 2.81. The van der Waals surface area contributed by atoms with Crippen LogP contribution >= 0.6 is 27.5 Å². The lowest BCUT2D eigenvalue weighted by Gasteiger charge is -2.23. The van der Waals surface area contributed by atoms with Gasteiger partial charge in [0.1, 0.15) is 5.82 Å². The Bertz CT molecular complexity index is 658. The highest BCUT2D eigenvalue weighted by molar-refractivity contribution is 9.09. The maximum absolute atomic E-state index is 14.2. The van der Waals surface area contributed by atoms with Crippen molar-refractivity contribution in [1.82, 2.24) is 0 Å². The second-order valence-corrected chi connectivity index (χ2v) is 6.86. The molecule has 0 radical (unpaired) electrons. The Morgan fingerprint density at radius 1 is 0.857 bits per heavy atom. The topological polar surface area (TPSA) is 0 Å². The van der Waals surface area contributed by atoms with Crippen LogP contribution in [0.5, 0.6) is 0 Å². The number of benzene rings is 2. The number of hydrogen-bond donors (Lipinski definition) is 0. The monoisotopic (exact) mass is 368 g/mol. The minimum Gasteiger partial charge on any atom is -0.207 e. The van der Waals surface area contributed by atoms with E-state index in [1.54, 1.807) is 12.1 Å². The normalized spacial score (nSPS) is 12.6. The van der Waals surface area contributed by atoms with Gasteiger partial charge in [0.15, 0.2) is 0 Å². The molecule has 0 aliphatic heterocycles. The number of rotatable bonds is 2. The summed E-state index contributed by atoms with van der Waals surface area (Å²) in [6.07, 6.45) is 0. The Morgan fingerprint density at radius 2 is 1.33 bits per heavy atom. The molecule has 0 spiro atoms. The van der Waals surface area contributed by atoms with E-state index >= 15 is 0 Å². The second-order valence-electron chi connectivity index (χ2n) is 5.54. The minimum absolute atomic E-state index is 0.246. The Balaban J connectivity index is 2.73. The summed E-state index contributed by atoms with van der Waals surface area (Å²) in [5.74, 6) is -0.279. The first kappa shape index (κ1) is 16.5. The van der Waals surface area contributed by atoms with Crippen molar-refractivity contribution in [2.75, 3.05) is 0 Å². The Labute approximate surface area is 139 Å². The third-order valence-corrected chi connectivity index (χ3v) is 5.81. The summed E-state index contributed by atoms with van der Waals surface area (Å²) in [7, 11) is 0. The molecule has 0 saturated carbocycles. The summed E-state index contributed by atoms with van der Waals surface area (Å²) in [5, 5.41) is 0.451. The van der Waals surface area contributed by atoms with E-state index in [1.807, 2.05) is 0 Å². The molecule has 0 aromatic heterocycles. The number of halogens is 3. The lowest BCUT2D eigenvalue weighted by atomic mass is 9.86. The molecule has 2 aromatic rings. The summed E-state index contributed by atoms with van der Waals surface area (Å²) in [6, 6.07) is 4.81. The van der Waals surface area contributed by atoms with E-state index in [0.29, 0.717) is 10.6 Å². The molecule has 1 unspecified atom stereocenters. The van der Waals surface area contributed by atoms with Crippen LogP contribution in [0.1, 0.15) is 43.8 Å². The number of alkyl halides is 1. The molecule has 0 aliphatic carbocycles. The van der Waals surface area contributed by atoms with Gasteiger partial charge in [-0.05, 0) is 80.1 Å². The first-order chi connectivity index (χ1) is 9.77. The largest absolute Gasteiger partial charge is 0.207 e. The van der Waals surface area contributed by atoms with Crippen LogP contribution in [0.3, 0.4) is 0 Å². The molecule has 112 valence electrons. The van der Waals surface area contributed by atoms with Crippen LogP contribution < -0.4 is 0 Å². The molecule has 0 bridgehead atoms. The van der Waals surface area contributed by atoms with Crippen molar-refractivity contribution < 1.29 is 4.39 Å². The fourth-order valence-corrected chi connectivity index (χ4v) is 4.36. The molecule has 0 N–H and O–H groups in total. The summed E-state index contributed by atoms with van der Waals surface area (Å²) in [4.78, 5) is -0.246. The molecule has 0 aliphatic rings. The van der Waals surface area contributed by atoms with Crippen molar-refractivity contribution in [3.63, 3.8) is 0 Å². The highest BCUT2D eigenvalue weighted by atomic mass is 79.9. The molecule has 0 nitrogen and oxygen atoms in total. The Morgan fingerprint density at radius 3 is 1.81 bits per heavy atom. The highest BCUT2D eigenvalue weighted by Crippen LogP contribution is 2.42. The predicted octanol–water partition coefficient (Wildman–Crippen LogP) is 6.51. The smallest absolute Gasteiger partial charge is 0.129 e. The number of hydrogen-bond acceptors (Lipinski definition) is 0. The lowest BCUT2D eigenvalue weighted by Crippen LogP contribution is -2.07. The van der Waals surface area contributed by atoms with Crippen LogP contribution in [0.4, 0.5) is 4.39 Å². The van der Waals surface area contributed by atoms with Gasteiger partial charge in [0.25, 0.3) is 0 Å². The van der Waals surface area contributed by atoms with Gasteiger partial charge in [-0.3, -0.25) is 0 Å². The molecule has 0 amide bonds. The summed E-state index contributed by atoms with van der Waals surface area (Å²) in [6.45, 7) is 10.5. The molecule has 0 heterocycles. The average Bonchev–Trinajstić information content (AvgIpc) is 2.43. The molecular weight excluding hydrogens is 351 g/mol. The van der Waals surface area contributed by atoms with Crippen LogP contribution in [0.25, 0.3) is 0 Å². The van der Waals surface area contributed by atoms with Crippen molar-refractivity contribution in [1.29, 1.82) is 0 Å². The van der Waals surface area contributed by atoms with E-state index in [1.165, 1.54) is 33.9 Å². The van der Waals surface area contributed by atoms with E-state index in [-0.39, 0.29) is 10.6 Å². The van der Waals surface area contributed by atoms with Gasteiger partial charge in [0.05, 0.1) is 4.83 Å². The third-order valence-electron chi connectivity index (χ3n) is 4.56. The molecule has 21 heavy (non-hydrogen) atoms. The van der Waals surface area contributed by atoms with E-state index in [0.717, 1.165) is 5.56 Å². The summed E-state index contributed by atoms with van der Waals surface area (Å²) < 4.78 is 14.2. The first-order valence-corrected chi connectivity index (χ1v) is 8.21. The zero-order chi connectivity index (χ0) is 15.9. The molecule has 1 atom stereocenters. The van der Waals surface area contributed by atoms with Gasteiger partial charge in [-0.25, -0.2) is 4.39 Å². The average molecular weight is 370 g/mol. The minimum atomic E-state index is -0.279. The molecule has 0 fully saturated rings. The maximum Gasteiger partial charge on any atom is 0.129 e. The SMILES string of the molecule is Cc1c(C)c(C)c(C(Br)c2c(F)cccc2Cl)c(C)c1C. The second kappa shape index (κ2) is 6.10. The van der Waals surface area contributed by atoms with Gasteiger partial charge in [0, 0.05) is 10.6 Å². The molecule has 2 rings (SSSR count). The Kier molecular flexibility index (Phi) is 4.79. The van der Waals surface area contributed by atoms with Crippen LogP contribution in [-0.4, -0.2) is 0 Å². The molecule has 3 heteroatoms. The molecular formula is C18H19BrClF. The zero-order valence-electron chi connectivity index (χ0n) is 12.9. The van der Waals surface area contributed by atoms with Gasteiger partial charge >= 0.3 is 0 Å². The molecule has 2 aromatic carbocycles. The van der Waals surface area contributed by atoms with E-state index in [2.05, 4.69) is 50.5 Å². The van der Waals surface area contributed by atoms with Crippen LogP contribution in [-0.2, 0) is 0 Å². The Hall–Kier alpha value is -0.860. The summed E-state index contributed by atoms with van der Waals surface area (Å²) >= 11 is 9.89. The highest BCUT2D eigenvalue weighted by Gasteiger charge is 2.23. The summed E-state index contributed by atoms with van der Waals surface area (Å²) in [5.41, 5.74) is 7.81. The van der Waals surface area contributed by atoms with Crippen molar-refractivity contribution in [3.05, 3.63) is 68.0 Å². The lowest BCUT2D eigenvalue weighted by molar-refractivity contribution is 0.613. The zero-order valence-corrected chi connectivity index (χ0v) is 15.3.